The first kappa shape index (κ1) is 22.4. The zero-order chi connectivity index (χ0) is 23.6. The molecule has 0 aromatic heterocycles. The average molecular weight is 466 g/mol. The lowest BCUT2D eigenvalue weighted by Gasteiger charge is -2.27. The Morgan fingerprint density at radius 2 is 1.52 bits per heavy atom. The van der Waals surface area contributed by atoms with Crippen molar-refractivity contribution in [2.24, 2.45) is 0 Å². The van der Waals surface area contributed by atoms with Gasteiger partial charge in [-0.15, -0.1) is 0 Å². The predicted molar refractivity (Wildman–Crippen MR) is 124 cm³/mol. The van der Waals surface area contributed by atoms with Gasteiger partial charge in [0.05, 0.1) is 18.6 Å². The molecule has 0 fully saturated rings. The second-order valence-electron chi connectivity index (χ2n) is 7.31. The maximum Gasteiger partial charge on any atom is 0.295 e. The molecule has 3 aromatic rings. The van der Waals surface area contributed by atoms with Gasteiger partial charge in [-0.2, -0.15) is 0 Å². The standard InChI is InChI=1S/C25H23NO6S/c1-3-32-20-13-9-17(10-14-20)22-24(33(29,30)21-7-5-4-6-8-21)23(27)25(28)26(22)18-11-15-19(31-2)16-12-18/h4-16,22,27H,3H2,1-2H3/t22-/m0/s1. The highest BCUT2D eigenvalue weighted by Crippen LogP contribution is 2.45. The lowest BCUT2D eigenvalue weighted by molar-refractivity contribution is -0.117. The molecule has 33 heavy (non-hydrogen) atoms. The summed E-state index contributed by atoms with van der Waals surface area (Å²) in [6.45, 7) is 2.34. The fourth-order valence-corrected chi connectivity index (χ4v) is 5.45. The van der Waals surface area contributed by atoms with Gasteiger partial charge in [0.15, 0.2) is 5.76 Å². The van der Waals surface area contributed by atoms with E-state index in [4.69, 9.17) is 9.47 Å². The van der Waals surface area contributed by atoms with Gasteiger partial charge in [-0.1, -0.05) is 30.3 Å². The van der Waals surface area contributed by atoms with Crippen LogP contribution in [-0.2, 0) is 14.6 Å². The van der Waals surface area contributed by atoms with Gasteiger partial charge in [-0.25, -0.2) is 8.42 Å². The summed E-state index contributed by atoms with van der Waals surface area (Å²) in [6, 6.07) is 20.1. The number of sulfone groups is 1. The quantitative estimate of drug-likeness (QED) is 0.555. The molecule has 1 aliphatic rings. The molecular formula is C25H23NO6S. The highest BCUT2D eigenvalue weighted by molar-refractivity contribution is 7.95. The Morgan fingerprint density at radius 3 is 2.09 bits per heavy atom. The van der Waals surface area contributed by atoms with Crippen LogP contribution in [0.15, 0.2) is 94.4 Å². The molecule has 0 radical (unpaired) electrons. The van der Waals surface area contributed by atoms with Gasteiger partial charge in [-0.3, -0.25) is 9.69 Å². The maximum atomic E-state index is 13.6. The van der Waals surface area contributed by atoms with E-state index in [0.717, 1.165) is 0 Å². The molecule has 8 heteroatoms. The number of carbonyl (C=O) groups excluding carboxylic acids is 1. The summed E-state index contributed by atoms with van der Waals surface area (Å²) < 4.78 is 37.8. The first-order valence-corrected chi connectivity index (χ1v) is 11.8. The van der Waals surface area contributed by atoms with Crippen LogP contribution in [0.3, 0.4) is 0 Å². The summed E-state index contributed by atoms with van der Waals surface area (Å²) in [4.78, 5) is 14.1. The van der Waals surface area contributed by atoms with Crippen LogP contribution >= 0.6 is 0 Å². The third-order valence-corrected chi connectivity index (χ3v) is 7.25. The molecular weight excluding hydrogens is 442 g/mol. The van der Waals surface area contributed by atoms with Crippen LogP contribution in [0, 0.1) is 0 Å². The largest absolute Gasteiger partial charge is 0.502 e. The van der Waals surface area contributed by atoms with Crippen LogP contribution in [0.1, 0.15) is 18.5 Å². The maximum absolute atomic E-state index is 13.6. The van der Waals surface area contributed by atoms with Crippen molar-refractivity contribution in [3.8, 4) is 11.5 Å². The Morgan fingerprint density at radius 1 is 0.909 bits per heavy atom. The molecule has 0 saturated carbocycles. The molecule has 1 amide bonds. The summed E-state index contributed by atoms with van der Waals surface area (Å²) in [5.41, 5.74) is 0.936. The van der Waals surface area contributed by atoms with Gasteiger partial charge < -0.3 is 14.6 Å². The Hall–Kier alpha value is -3.78. The number of nitrogens with zero attached hydrogens (tertiary/aromatic N) is 1. The first-order chi connectivity index (χ1) is 15.9. The SMILES string of the molecule is CCOc1ccc([C@H]2C(S(=O)(=O)c3ccccc3)=C(O)C(=O)N2c2ccc(OC)cc2)cc1. The van der Waals surface area contributed by atoms with E-state index in [1.54, 1.807) is 66.7 Å². The molecule has 0 bridgehead atoms. The summed E-state index contributed by atoms with van der Waals surface area (Å²) in [6.07, 6.45) is 0. The molecule has 7 nitrogen and oxygen atoms in total. The van der Waals surface area contributed by atoms with Gasteiger partial charge in [-0.05, 0) is 61.0 Å². The molecule has 0 saturated heterocycles. The second kappa shape index (κ2) is 8.99. The third kappa shape index (κ3) is 4.05. The minimum atomic E-state index is -4.18. The molecule has 3 aromatic carbocycles. The van der Waals surface area contributed by atoms with Crippen molar-refractivity contribution in [3.63, 3.8) is 0 Å². The Bertz CT molecular complexity index is 1280. The Labute approximate surface area is 192 Å². The van der Waals surface area contributed by atoms with Gasteiger partial charge >= 0.3 is 0 Å². The Balaban J connectivity index is 1.89. The number of hydrogen-bond acceptors (Lipinski definition) is 6. The number of hydrogen-bond donors (Lipinski definition) is 1. The van der Waals surface area contributed by atoms with Crippen molar-refractivity contribution in [3.05, 3.63) is 95.1 Å². The molecule has 1 atom stereocenters. The smallest absolute Gasteiger partial charge is 0.295 e. The Kier molecular flexibility index (Phi) is 6.11. The zero-order valence-corrected chi connectivity index (χ0v) is 19.0. The van der Waals surface area contributed by atoms with Gasteiger partial charge in [0, 0.05) is 5.69 Å². The predicted octanol–water partition coefficient (Wildman–Crippen LogP) is 4.43. The summed E-state index contributed by atoms with van der Waals surface area (Å²) in [7, 11) is -2.66. The van der Waals surface area contributed by atoms with Crippen molar-refractivity contribution in [1.82, 2.24) is 0 Å². The molecule has 1 N–H and O–H groups in total. The van der Waals surface area contributed by atoms with E-state index >= 15 is 0 Å². The van der Waals surface area contributed by atoms with Crippen molar-refractivity contribution < 1.29 is 27.8 Å². The minimum Gasteiger partial charge on any atom is -0.502 e. The first-order valence-electron chi connectivity index (χ1n) is 10.3. The number of amides is 1. The van der Waals surface area contributed by atoms with E-state index in [-0.39, 0.29) is 9.80 Å². The molecule has 0 spiro atoms. The van der Waals surface area contributed by atoms with Crippen molar-refractivity contribution in [2.75, 3.05) is 18.6 Å². The number of aliphatic hydroxyl groups is 1. The van der Waals surface area contributed by atoms with Gasteiger partial charge in [0.25, 0.3) is 5.91 Å². The van der Waals surface area contributed by atoms with E-state index in [1.165, 1.54) is 24.1 Å². The summed E-state index contributed by atoms with van der Waals surface area (Å²) in [5.74, 6) is -0.401. The van der Waals surface area contributed by atoms with Gasteiger partial charge in [0.2, 0.25) is 9.84 Å². The zero-order valence-electron chi connectivity index (χ0n) is 18.1. The molecule has 1 aliphatic heterocycles. The van der Waals surface area contributed by atoms with Crippen LogP contribution in [0.2, 0.25) is 0 Å². The van der Waals surface area contributed by atoms with Gasteiger partial charge in [0.1, 0.15) is 22.4 Å². The minimum absolute atomic E-state index is 0.00753. The summed E-state index contributed by atoms with van der Waals surface area (Å²) >= 11 is 0. The normalized spacial score (nSPS) is 16.2. The molecule has 1 heterocycles. The van der Waals surface area contributed by atoms with E-state index < -0.39 is 27.5 Å². The van der Waals surface area contributed by atoms with Crippen molar-refractivity contribution in [1.29, 1.82) is 0 Å². The summed E-state index contributed by atoms with van der Waals surface area (Å²) in [5, 5.41) is 10.8. The van der Waals surface area contributed by atoms with Crippen LogP contribution in [0.4, 0.5) is 5.69 Å². The lowest BCUT2D eigenvalue weighted by Crippen LogP contribution is -2.31. The monoisotopic (exact) mass is 465 g/mol. The topological polar surface area (TPSA) is 93.1 Å². The molecule has 170 valence electrons. The lowest BCUT2D eigenvalue weighted by atomic mass is 10.1. The van der Waals surface area contributed by atoms with E-state index in [1.807, 2.05) is 6.92 Å². The van der Waals surface area contributed by atoms with Crippen LogP contribution in [0.5, 0.6) is 11.5 Å². The van der Waals surface area contributed by atoms with Crippen molar-refractivity contribution >= 4 is 21.4 Å². The van der Waals surface area contributed by atoms with Crippen LogP contribution < -0.4 is 14.4 Å². The van der Waals surface area contributed by atoms with Crippen molar-refractivity contribution in [2.45, 2.75) is 17.9 Å². The number of anilines is 1. The average Bonchev–Trinajstić information content (AvgIpc) is 3.11. The number of carbonyl (C=O) groups is 1. The number of benzene rings is 3. The van der Waals surface area contributed by atoms with Crippen LogP contribution in [-0.4, -0.2) is 33.1 Å². The third-order valence-electron chi connectivity index (χ3n) is 5.36. The number of methoxy groups -OCH3 is 1. The molecule has 0 aliphatic carbocycles. The molecule has 4 rings (SSSR count). The number of aliphatic hydroxyl groups excluding tert-OH is 1. The van der Waals surface area contributed by atoms with E-state index in [9.17, 15) is 18.3 Å². The second-order valence-corrected chi connectivity index (χ2v) is 9.23. The number of ether oxygens (including phenoxy) is 2. The highest BCUT2D eigenvalue weighted by Gasteiger charge is 2.47. The fraction of sp³-hybridized carbons (Fsp3) is 0.160. The van der Waals surface area contributed by atoms with E-state index in [2.05, 4.69) is 0 Å². The number of rotatable bonds is 7. The van der Waals surface area contributed by atoms with E-state index in [0.29, 0.717) is 29.4 Å². The van der Waals surface area contributed by atoms with Crippen LogP contribution in [0.25, 0.3) is 0 Å². The fourth-order valence-electron chi connectivity index (χ4n) is 3.81. The highest BCUT2D eigenvalue weighted by atomic mass is 32.2. The molecule has 0 unspecified atom stereocenters.